The third-order valence-electron chi connectivity index (χ3n) is 4.57. The summed E-state index contributed by atoms with van der Waals surface area (Å²) < 4.78 is 37.8. The molecule has 1 aliphatic heterocycles. The third-order valence-corrected chi connectivity index (χ3v) is 4.57. The van der Waals surface area contributed by atoms with E-state index in [9.17, 15) is 22.8 Å². The average molecular weight is 380 g/mol. The van der Waals surface area contributed by atoms with Gasteiger partial charge in [-0.2, -0.15) is 18.3 Å². The van der Waals surface area contributed by atoms with Crippen LogP contribution in [-0.2, 0) is 11.0 Å². The molecule has 0 saturated carbocycles. The Labute approximate surface area is 153 Å². The molecule has 0 unspecified atom stereocenters. The Hall–Kier alpha value is -2.84. The summed E-state index contributed by atoms with van der Waals surface area (Å²) in [5.41, 5.74) is 0.253. The standard InChI is InChI=1S/C18H19F3N4O2/c1-11-10-15(24-23-11)22-16(26)12-6-8-25(9-7-12)17(27)13-2-4-14(5-3-13)18(19,20)21/h2-5,10,12H,6-9H2,1H3,(H2,22,23,24,26). The Kier molecular flexibility index (Phi) is 5.20. The van der Waals surface area contributed by atoms with Crippen molar-refractivity contribution in [1.29, 1.82) is 0 Å². The van der Waals surface area contributed by atoms with Gasteiger partial charge in [-0.15, -0.1) is 0 Å². The number of nitrogens with one attached hydrogen (secondary N) is 2. The number of likely N-dealkylation sites (tertiary alicyclic amines) is 1. The lowest BCUT2D eigenvalue weighted by atomic mass is 9.95. The molecule has 1 aromatic heterocycles. The summed E-state index contributed by atoms with van der Waals surface area (Å²) in [6.45, 7) is 2.57. The molecule has 9 heteroatoms. The van der Waals surface area contributed by atoms with E-state index in [0.29, 0.717) is 31.7 Å². The Morgan fingerprint density at radius 3 is 2.33 bits per heavy atom. The smallest absolute Gasteiger partial charge is 0.339 e. The highest BCUT2D eigenvalue weighted by molar-refractivity contribution is 5.95. The number of H-pyrrole nitrogens is 1. The fourth-order valence-corrected chi connectivity index (χ4v) is 3.04. The number of hydrogen-bond acceptors (Lipinski definition) is 3. The predicted molar refractivity (Wildman–Crippen MR) is 92.0 cm³/mol. The minimum Gasteiger partial charge on any atom is -0.339 e. The highest BCUT2D eigenvalue weighted by atomic mass is 19.4. The number of piperidine rings is 1. The van der Waals surface area contributed by atoms with E-state index in [2.05, 4.69) is 15.5 Å². The van der Waals surface area contributed by atoms with Crippen LogP contribution in [0.5, 0.6) is 0 Å². The van der Waals surface area contributed by atoms with E-state index in [-0.39, 0.29) is 23.3 Å². The highest BCUT2D eigenvalue weighted by Crippen LogP contribution is 2.29. The van der Waals surface area contributed by atoms with Crippen LogP contribution < -0.4 is 5.32 Å². The molecule has 1 aromatic carbocycles. The summed E-state index contributed by atoms with van der Waals surface area (Å²) in [6, 6.07) is 5.90. The van der Waals surface area contributed by atoms with Gasteiger partial charge >= 0.3 is 6.18 Å². The molecule has 0 spiro atoms. The van der Waals surface area contributed by atoms with Gasteiger partial charge in [-0.3, -0.25) is 14.7 Å². The second-order valence-corrected chi connectivity index (χ2v) is 6.57. The molecule has 1 aliphatic rings. The van der Waals surface area contributed by atoms with E-state index in [1.54, 1.807) is 11.0 Å². The molecule has 0 bridgehead atoms. The van der Waals surface area contributed by atoms with E-state index in [1.807, 2.05) is 6.92 Å². The molecule has 27 heavy (non-hydrogen) atoms. The fraction of sp³-hybridized carbons (Fsp3) is 0.389. The van der Waals surface area contributed by atoms with Crippen LogP contribution in [0, 0.1) is 12.8 Å². The van der Waals surface area contributed by atoms with Gasteiger partial charge in [0.25, 0.3) is 5.91 Å². The molecule has 144 valence electrons. The van der Waals surface area contributed by atoms with Crippen LogP contribution in [0.4, 0.5) is 19.0 Å². The number of anilines is 1. The number of halogens is 3. The van der Waals surface area contributed by atoms with Crippen LogP contribution in [0.1, 0.15) is 34.5 Å². The van der Waals surface area contributed by atoms with Crippen LogP contribution in [0.2, 0.25) is 0 Å². The van der Waals surface area contributed by atoms with Crippen molar-refractivity contribution in [3.8, 4) is 0 Å². The van der Waals surface area contributed by atoms with Crippen LogP contribution in [0.3, 0.4) is 0 Å². The number of carbonyl (C=O) groups excluding carboxylic acids is 2. The first-order valence-electron chi connectivity index (χ1n) is 8.53. The Morgan fingerprint density at radius 1 is 1.19 bits per heavy atom. The zero-order valence-electron chi connectivity index (χ0n) is 14.6. The monoisotopic (exact) mass is 380 g/mol. The van der Waals surface area contributed by atoms with Gasteiger partial charge in [-0.25, -0.2) is 0 Å². The van der Waals surface area contributed by atoms with Crippen molar-refractivity contribution in [3.63, 3.8) is 0 Å². The summed E-state index contributed by atoms with van der Waals surface area (Å²) in [5, 5.41) is 9.44. The topological polar surface area (TPSA) is 78.1 Å². The summed E-state index contributed by atoms with van der Waals surface area (Å²) in [6.07, 6.45) is -3.45. The molecule has 2 amide bonds. The first-order chi connectivity index (χ1) is 12.7. The predicted octanol–water partition coefficient (Wildman–Crippen LogP) is 3.23. The minimum atomic E-state index is -4.43. The summed E-state index contributed by atoms with van der Waals surface area (Å²) in [4.78, 5) is 26.3. The number of alkyl halides is 3. The van der Waals surface area contributed by atoms with E-state index < -0.39 is 11.7 Å². The van der Waals surface area contributed by atoms with E-state index in [0.717, 1.165) is 17.8 Å². The number of aromatic amines is 1. The molecule has 1 fully saturated rings. The zero-order chi connectivity index (χ0) is 19.6. The van der Waals surface area contributed by atoms with Crippen molar-refractivity contribution in [2.75, 3.05) is 18.4 Å². The molecule has 0 radical (unpaired) electrons. The second-order valence-electron chi connectivity index (χ2n) is 6.57. The SMILES string of the molecule is Cc1cc(NC(=O)C2CCN(C(=O)c3ccc(C(F)(F)F)cc3)CC2)n[nH]1. The number of rotatable bonds is 3. The van der Waals surface area contributed by atoms with Crippen LogP contribution in [0.25, 0.3) is 0 Å². The third kappa shape index (κ3) is 4.47. The molecule has 0 atom stereocenters. The molecule has 2 heterocycles. The first-order valence-corrected chi connectivity index (χ1v) is 8.53. The van der Waals surface area contributed by atoms with Crippen LogP contribution >= 0.6 is 0 Å². The van der Waals surface area contributed by atoms with Crippen molar-refractivity contribution in [3.05, 3.63) is 47.2 Å². The zero-order valence-corrected chi connectivity index (χ0v) is 14.6. The van der Waals surface area contributed by atoms with Crippen molar-refractivity contribution >= 4 is 17.6 Å². The van der Waals surface area contributed by atoms with Crippen LogP contribution in [-0.4, -0.2) is 40.0 Å². The van der Waals surface area contributed by atoms with Gasteiger partial charge in [0.05, 0.1) is 5.56 Å². The average Bonchev–Trinajstić information content (AvgIpc) is 3.05. The van der Waals surface area contributed by atoms with Crippen molar-refractivity contribution in [2.24, 2.45) is 5.92 Å². The van der Waals surface area contributed by atoms with Gasteiger partial charge in [0.2, 0.25) is 5.91 Å². The largest absolute Gasteiger partial charge is 0.416 e. The number of amides is 2. The maximum absolute atomic E-state index is 12.6. The minimum absolute atomic E-state index is 0.150. The number of aromatic nitrogens is 2. The van der Waals surface area contributed by atoms with E-state index >= 15 is 0 Å². The van der Waals surface area contributed by atoms with Gasteiger partial charge in [-0.1, -0.05) is 0 Å². The molecule has 3 rings (SSSR count). The molecular weight excluding hydrogens is 361 g/mol. The molecule has 6 nitrogen and oxygen atoms in total. The molecule has 1 saturated heterocycles. The second kappa shape index (κ2) is 7.42. The normalized spacial score (nSPS) is 15.6. The van der Waals surface area contributed by atoms with Gasteiger partial charge < -0.3 is 10.2 Å². The fourth-order valence-electron chi connectivity index (χ4n) is 3.04. The molecule has 2 N–H and O–H groups in total. The lowest BCUT2D eigenvalue weighted by Crippen LogP contribution is -2.41. The van der Waals surface area contributed by atoms with Gasteiger partial charge in [0.1, 0.15) is 0 Å². The molecule has 2 aromatic rings. The number of aryl methyl sites for hydroxylation is 1. The Bertz CT molecular complexity index is 822. The summed E-state index contributed by atoms with van der Waals surface area (Å²) in [5.74, 6) is -0.256. The number of nitrogens with zero attached hydrogens (tertiary/aromatic N) is 2. The Morgan fingerprint density at radius 2 is 1.81 bits per heavy atom. The maximum Gasteiger partial charge on any atom is 0.416 e. The van der Waals surface area contributed by atoms with Crippen molar-refractivity contribution < 1.29 is 22.8 Å². The van der Waals surface area contributed by atoms with Gasteiger partial charge in [0.15, 0.2) is 5.82 Å². The van der Waals surface area contributed by atoms with Gasteiger partial charge in [-0.05, 0) is 44.0 Å². The Balaban J connectivity index is 1.55. The number of carbonyl (C=O) groups is 2. The molecule has 0 aliphatic carbocycles. The van der Waals surface area contributed by atoms with Crippen molar-refractivity contribution in [1.82, 2.24) is 15.1 Å². The van der Waals surface area contributed by atoms with Gasteiger partial charge in [0, 0.05) is 36.3 Å². The molecular formula is C18H19F3N4O2. The highest BCUT2D eigenvalue weighted by Gasteiger charge is 2.31. The number of benzene rings is 1. The lowest BCUT2D eigenvalue weighted by molar-refractivity contribution is -0.137. The first kappa shape index (κ1) is 18.9. The summed E-state index contributed by atoms with van der Waals surface area (Å²) in [7, 11) is 0. The number of hydrogen-bond donors (Lipinski definition) is 2. The summed E-state index contributed by atoms with van der Waals surface area (Å²) >= 11 is 0. The quantitative estimate of drug-likeness (QED) is 0.858. The van der Waals surface area contributed by atoms with E-state index in [4.69, 9.17) is 0 Å². The lowest BCUT2D eigenvalue weighted by Gasteiger charge is -2.31. The van der Waals surface area contributed by atoms with Crippen LogP contribution in [0.15, 0.2) is 30.3 Å². The van der Waals surface area contributed by atoms with Crippen molar-refractivity contribution in [2.45, 2.75) is 25.9 Å². The maximum atomic E-state index is 12.6. The van der Waals surface area contributed by atoms with E-state index in [1.165, 1.54) is 12.1 Å².